The zero-order valence-corrected chi connectivity index (χ0v) is 17.9. The van der Waals surface area contributed by atoms with Crippen LogP contribution in [0, 0.1) is 11.2 Å². The molecular weight excluding hydrogens is 425 g/mol. The van der Waals surface area contributed by atoms with Crippen LogP contribution in [0.3, 0.4) is 0 Å². The lowest BCUT2D eigenvalue weighted by atomic mass is 10.1. The van der Waals surface area contributed by atoms with Crippen LogP contribution in [-0.2, 0) is 0 Å². The quantitative estimate of drug-likeness (QED) is 0.494. The maximum absolute atomic E-state index is 14.0. The number of anilines is 2. The van der Waals surface area contributed by atoms with Gasteiger partial charge in [-0.2, -0.15) is 4.98 Å². The van der Waals surface area contributed by atoms with E-state index in [9.17, 15) is 9.18 Å². The summed E-state index contributed by atoms with van der Waals surface area (Å²) in [5.74, 6) is 0.0248. The third-order valence-electron chi connectivity index (χ3n) is 5.97. The molecule has 5 rings (SSSR count). The molecule has 0 spiro atoms. The molecule has 10 heteroatoms. The van der Waals surface area contributed by atoms with E-state index < -0.39 is 5.82 Å². The van der Waals surface area contributed by atoms with Gasteiger partial charge in [0.2, 0.25) is 0 Å². The molecule has 0 atom stereocenters. The van der Waals surface area contributed by atoms with Crippen LogP contribution in [0.25, 0.3) is 11.5 Å². The molecule has 3 N–H and O–H groups in total. The first-order valence-electron chi connectivity index (χ1n) is 10.9. The Labute approximate surface area is 191 Å². The molecule has 0 aliphatic carbocycles. The van der Waals surface area contributed by atoms with Gasteiger partial charge in [-0.3, -0.25) is 4.79 Å². The van der Waals surface area contributed by atoms with Crippen LogP contribution < -0.4 is 15.5 Å². The highest BCUT2D eigenvalue weighted by Crippen LogP contribution is 2.27. The Bertz CT molecular complexity index is 1180. The SMILES string of the molecule is N=Cc1ccc(-c2nc(N3CCN(C(=O)c4ccccc4F)CC3)no2)cc1NC1CNC1.[HH]. The smallest absolute Gasteiger partial charge is 0.266 e. The Morgan fingerprint density at radius 2 is 2.00 bits per heavy atom. The zero-order valence-electron chi connectivity index (χ0n) is 17.9. The molecular formula is C23H26FN7O2. The van der Waals surface area contributed by atoms with Crippen molar-refractivity contribution in [2.75, 3.05) is 49.5 Å². The number of carbonyl (C=O) groups is 1. The number of halogens is 1. The van der Waals surface area contributed by atoms with Crippen molar-refractivity contribution in [3.05, 3.63) is 59.4 Å². The molecule has 9 nitrogen and oxygen atoms in total. The van der Waals surface area contributed by atoms with Crippen molar-refractivity contribution in [2.24, 2.45) is 0 Å². The number of rotatable bonds is 6. The number of hydrogen-bond donors (Lipinski definition) is 3. The highest BCUT2D eigenvalue weighted by Gasteiger charge is 2.26. The second kappa shape index (κ2) is 8.99. The Morgan fingerprint density at radius 1 is 1.21 bits per heavy atom. The second-order valence-corrected chi connectivity index (χ2v) is 8.10. The van der Waals surface area contributed by atoms with Gasteiger partial charge < -0.3 is 30.4 Å². The van der Waals surface area contributed by atoms with Gasteiger partial charge in [0.15, 0.2) is 0 Å². The Kier molecular flexibility index (Phi) is 5.74. The number of nitrogens with zero attached hydrogens (tertiary/aromatic N) is 4. The molecule has 0 unspecified atom stereocenters. The van der Waals surface area contributed by atoms with Gasteiger partial charge in [0.25, 0.3) is 17.7 Å². The number of nitrogens with one attached hydrogen (secondary N) is 3. The molecule has 0 radical (unpaired) electrons. The average Bonchev–Trinajstić information content (AvgIpc) is 3.32. The molecule has 2 fully saturated rings. The largest absolute Gasteiger partial charge is 0.379 e. The Balaban J connectivity index is 0.00000274. The average molecular weight is 452 g/mol. The highest BCUT2D eigenvalue weighted by molar-refractivity contribution is 5.94. The lowest BCUT2D eigenvalue weighted by Crippen LogP contribution is -2.51. The molecule has 3 heterocycles. The summed E-state index contributed by atoms with van der Waals surface area (Å²) in [4.78, 5) is 20.8. The number of aromatic nitrogens is 2. The summed E-state index contributed by atoms with van der Waals surface area (Å²) in [7, 11) is 0. The fraction of sp³-hybridized carbons (Fsp3) is 0.304. The van der Waals surface area contributed by atoms with Crippen LogP contribution in [0.1, 0.15) is 17.3 Å². The lowest BCUT2D eigenvalue weighted by molar-refractivity contribution is 0.0741. The zero-order chi connectivity index (χ0) is 22.8. The summed E-state index contributed by atoms with van der Waals surface area (Å²) in [5.41, 5.74) is 2.50. The molecule has 2 aromatic carbocycles. The third kappa shape index (κ3) is 4.29. The van der Waals surface area contributed by atoms with E-state index in [2.05, 4.69) is 20.8 Å². The van der Waals surface area contributed by atoms with Crippen molar-refractivity contribution in [3.63, 3.8) is 0 Å². The first-order chi connectivity index (χ1) is 16.1. The Morgan fingerprint density at radius 3 is 2.70 bits per heavy atom. The van der Waals surface area contributed by atoms with Crippen molar-refractivity contribution in [3.8, 4) is 11.5 Å². The predicted molar refractivity (Wildman–Crippen MR) is 125 cm³/mol. The van der Waals surface area contributed by atoms with Crippen molar-refractivity contribution in [2.45, 2.75) is 6.04 Å². The second-order valence-electron chi connectivity index (χ2n) is 8.10. The maximum atomic E-state index is 14.0. The molecule has 2 aliphatic rings. The van der Waals surface area contributed by atoms with Crippen LogP contribution in [0.4, 0.5) is 16.0 Å². The number of benzene rings is 2. The lowest BCUT2D eigenvalue weighted by Gasteiger charge is -2.33. The maximum Gasteiger partial charge on any atom is 0.266 e. The predicted octanol–water partition coefficient (Wildman–Crippen LogP) is 2.47. The minimum absolute atomic E-state index is 0. The summed E-state index contributed by atoms with van der Waals surface area (Å²) in [6.07, 6.45) is 1.32. The summed E-state index contributed by atoms with van der Waals surface area (Å²) in [5, 5.41) is 18.4. The van der Waals surface area contributed by atoms with Gasteiger partial charge in [-0.1, -0.05) is 18.2 Å². The normalized spacial score (nSPS) is 16.4. The molecule has 1 amide bonds. The molecule has 172 valence electrons. The third-order valence-corrected chi connectivity index (χ3v) is 5.97. The monoisotopic (exact) mass is 451 g/mol. The van der Waals surface area contributed by atoms with Gasteiger partial charge in [-0.15, -0.1) is 0 Å². The van der Waals surface area contributed by atoms with Crippen LogP contribution >= 0.6 is 0 Å². The summed E-state index contributed by atoms with van der Waals surface area (Å²) in [6, 6.07) is 12.0. The van der Waals surface area contributed by atoms with Crippen molar-refractivity contribution >= 4 is 23.8 Å². The molecule has 2 aliphatic heterocycles. The first kappa shape index (κ1) is 21.1. The van der Waals surface area contributed by atoms with E-state index in [1.54, 1.807) is 17.0 Å². The van der Waals surface area contributed by atoms with Crippen molar-refractivity contribution in [1.29, 1.82) is 5.41 Å². The number of piperazine rings is 1. The van der Waals surface area contributed by atoms with E-state index in [0.29, 0.717) is 44.1 Å². The van der Waals surface area contributed by atoms with E-state index in [1.165, 1.54) is 18.3 Å². The molecule has 33 heavy (non-hydrogen) atoms. The topological polar surface area (TPSA) is 110 Å². The number of hydrogen-bond acceptors (Lipinski definition) is 8. The standard InChI is InChI=1S/C23H24FN7O2.H2/c24-19-4-2-1-3-18(19)22(32)30-7-9-31(10-8-30)23-28-21(33-29-23)15-5-6-16(12-25)20(11-15)27-17-13-26-14-17;/h1-6,11-12,17,25-27H,7-10,13-14H2;1H. The fourth-order valence-electron chi connectivity index (χ4n) is 3.93. The molecule has 0 bridgehead atoms. The number of carbonyl (C=O) groups excluding carboxylic acids is 1. The number of amides is 1. The van der Waals surface area contributed by atoms with E-state index in [1.807, 2.05) is 23.1 Å². The van der Waals surface area contributed by atoms with Crippen molar-refractivity contribution < 1.29 is 15.1 Å². The van der Waals surface area contributed by atoms with Crippen LogP contribution in [-0.4, -0.2) is 72.5 Å². The fourth-order valence-corrected chi connectivity index (χ4v) is 3.93. The molecule has 2 saturated heterocycles. The molecule has 0 saturated carbocycles. The van der Waals surface area contributed by atoms with Gasteiger partial charge >= 0.3 is 0 Å². The van der Waals surface area contributed by atoms with Crippen molar-refractivity contribution in [1.82, 2.24) is 20.4 Å². The summed E-state index contributed by atoms with van der Waals surface area (Å²) >= 11 is 0. The van der Waals surface area contributed by atoms with Crippen LogP contribution in [0.15, 0.2) is 47.0 Å². The van der Waals surface area contributed by atoms with Gasteiger partial charge in [-0.25, -0.2) is 4.39 Å². The summed E-state index contributed by atoms with van der Waals surface area (Å²) < 4.78 is 19.5. The van der Waals surface area contributed by atoms with E-state index >= 15 is 0 Å². The summed E-state index contributed by atoms with van der Waals surface area (Å²) in [6.45, 7) is 3.69. The van der Waals surface area contributed by atoms with Crippen LogP contribution in [0.5, 0.6) is 0 Å². The Hall–Kier alpha value is -3.79. The molecule has 3 aromatic rings. The van der Waals surface area contributed by atoms with E-state index in [4.69, 9.17) is 9.93 Å². The van der Waals surface area contributed by atoms with Gasteiger partial charge in [-0.05, 0) is 29.4 Å². The van der Waals surface area contributed by atoms with E-state index in [0.717, 1.165) is 29.9 Å². The minimum Gasteiger partial charge on any atom is -0.379 e. The van der Waals surface area contributed by atoms with Crippen LogP contribution in [0.2, 0.25) is 0 Å². The van der Waals surface area contributed by atoms with E-state index in [-0.39, 0.29) is 12.9 Å². The highest BCUT2D eigenvalue weighted by atomic mass is 19.1. The molecule has 1 aromatic heterocycles. The minimum atomic E-state index is -0.510. The first-order valence-corrected chi connectivity index (χ1v) is 10.9. The van der Waals surface area contributed by atoms with Gasteiger partial charge in [0.1, 0.15) is 5.82 Å². The van der Waals surface area contributed by atoms with Gasteiger partial charge in [0, 0.05) is 63.7 Å². The van der Waals surface area contributed by atoms with Gasteiger partial charge in [0.05, 0.1) is 11.6 Å².